The number of hydrogen-bond donors (Lipinski definition) is 0. The topological polar surface area (TPSA) is 43.9 Å². The molecule has 0 aliphatic carbocycles. The molecular formula is C19H27N3O2. The second-order valence-corrected chi connectivity index (χ2v) is 6.76. The highest BCUT2D eigenvalue weighted by Gasteiger charge is 2.40. The molecule has 0 radical (unpaired) electrons. The first-order valence-electron chi connectivity index (χ1n) is 8.93. The summed E-state index contributed by atoms with van der Waals surface area (Å²) in [6, 6.07) is 9.82. The number of piperazine rings is 1. The van der Waals surface area contributed by atoms with Crippen LogP contribution in [0.1, 0.15) is 31.4 Å². The fourth-order valence-electron chi connectivity index (χ4n) is 3.92. The number of likely N-dealkylation sites (N-methyl/N-ethyl adjacent to an activating group) is 1. The van der Waals surface area contributed by atoms with Gasteiger partial charge in [-0.1, -0.05) is 37.3 Å². The van der Waals surface area contributed by atoms with E-state index >= 15 is 0 Å². The molecule has 130 valence electrons. The molecule has 0 unspecified atom stereocenters. The maximum atomic E-state index is 13.2. The highest BCUT2D eigenvalue weighted by Crippen LogP contribution is 2.36. The molecule has 2 fully saturated rings. The Hall–Kier alpha value is -1.88. The summed E-state index contributed by atoms with van der Waals surface area (Å²) in [6.45, 7) is 6.67. The molecule has 2 saturated heterocycles. The summed E-state index contributed by atoms with van der Waals surface area (Å²) in [7, 11) is 1.83. The highest BCUT2D eigenvalue weighted by atomic mass is 16.2. The van der Waals surface area contributed by atoms with Crippen molar-refractivity contribution in [1.82, 2.24) is 14.7 Å². The monoisotopic (exact) mass is 329 g/mol. The van der Waals surface area contributed by atoms with Crippen LogP contribution in [0.5, 0.6) is 0 Å². The minimum absolute atomic E-state index is 0.128. The molecule has 5 heteroatoms. The van der Waals surface area contributed by atoms with Gasteiger partial charge in [0.25, 0.3) is 0 Å². The van der Waals surface area contributed by atoms with Gasteiger partial charge in [-0.15, -0.1) is 0 Å². The molecule has 1 aromatic rings. The van der Waals surface area contributed by atoms with Crippen molar-refractivity contribution in [1.29, 1.82) is 0 Å². The van der Waals surface area contributed by atoms with Crippen molar-refractivity contribution in [2.75, 3.05) is 39.8 Å². The minimum Gasteiger partial charge on any atom is -0.340 e. The lowest BCUT2D eigenvalue weighted by Gasteiger charge is -2.42. The standard InChI is InChI=1S/C19H27N3O2/c1-3-21-11-13-22(14-12-21)19(24)16-9-10-17(23)20(2)18(16)15-7-5-4-6-8-15/h4-8,16,18H,3,9-14H2,1-2H3/t16-,18-/m1/s1. The van der Waals surface area contributed by atoms with Gasteiger partial charge in [0.05, 0.1) is 12.0 Å². The molecule has 0 spiro atoms. The first kappa shape index (κ1) is 17.0. The zero-order chi connectivity index (χ0) is 17.1. The van der Waals surface area contributed by atoms with Crippen LogP contribution in [-0.4, -0.2) is 66.3 Å². The average Bonchev–Trinajstić information content (AvgIpc) is 2.64. The number of rotatable bonds is 3. The molecule has 1 aromatic carbocycles. The number of carbonyl (C=O) groups excluding carboxylic acids is 2. The normalized spacial score (nSPS) is 25.8. The van der Waals surface area contributed by atoms with Gasteiger partial charge in [-0.25, -0.2) is 0 Å². The quantitative estimate of drug-likeness (QED) is 0.849. The Kier molecular flexibility index (Phi) is 5.19. The fraction of sp³-hybridized carbons (Fsp3) is 0.579. The number of nitrogens with zero attached hydrogens (tertiary/aromatic N) is 3. The lowest BCUT2D eigenvalue weighted by atomic mass is 9.83. The summed E-state index contributed by atoms with van der Waals surface area (Å²) in [5.41, 5.74) is 1.05. The third kappa shape index (κ3) is 3.31. The second-order valence-electron chi connectivity index (χ2n) is 6.76. The Labute approximate surface area is 144 Å². The number of piperidine rings is 1. The average molecular weight is 329 g/mol. The predicted molar refractivity (Wildman–Crippen MR) is 93.4 cm³/mol. The first-order chi connectivity index (χ1) is 11.6. The van der Waals surface area contributed by atoms with Crippen LogP contribution in [0.25, 0.3) is 0 Å². The zero-order valence-electron chi connectivity index (χ0n) is 14.6. The molecular weight excluding hydrogens is 302 g/mol. The van der Waals surface area contributed by atoms with Crippen molar-refractivity contribution in [2.45, 2.75) is 25.8 Å². The third-order valence-corrected chi connectivity index (χ3v) is 5.45. The smallest absolute Gasteiger partial charge is 0.228 e. The van der Waals surface area contributed by atoms with Crippen molar-refractivity contribution in [3.63, 3.8) is 0 Å². The molecule has 0 bridgehead atoms. The SMILES string of the molecule is CCN1CCN(C(=O)[C@@H]2CCC(=O)N(C)[C@@H]2c2ccccc2)CC1. The van der Waals surface area contributed by atoms with Gasteiger partial charge in [-0.05, 0) is 18.5 Å². The van der Waals surface area contributed by atoms with Gasteiger partial charge in [0.1, 0.15) is 0 Å². The fourth-order valence-corrected chi connectivity index (χ4v) is 3.92. The van der Waals surface area contributed by atoms with Crippen LogP contribution in [0.15, 0.2) is 30.3 Å². The van der Waals surface area contributed by atoms with Crippen LogP contribution in [0, 0.1) is 5.92 Å². The predicted octanol–water partition coefficient (Wildman–Crippen LogP) is 1.76. The van der Waals surface area contributed by atoms with Crippen LogP contribution in [0.4, 0.5) is 0 Å². The molecule has 2 amide bonds. The Balaban J connectivity index is 1.79. The van der Waals surface area contributed by atoms with Gasteiger partial charge in [-0.3, -0.25) is 9.59 Å². The largest absolute Gasteiger partial charge is 0.340 e. The molecule has 2 aliphatic rings. The summed E-state index contributed by atoms with van der Waals surface area (Å²) in [6.07, 6.45) is 1.11. The Morgan fingerprint density at radius 2 is 1.79 bits per heavy atom. The Morgan fingerprint density at radius 3 is 2.42 bits per heavy atom. The Morgan fingerprint density at radius 1 is 1.12 bits per heavy atom. The van der Waals surface area contributed by atoms with Gasteiger partial charge in [0, 0.05) is 39.6 Å². The van der Waals surface area contributed by atoms with E-state index in [0.29, 0.717) is 12.8 Å². The van der Waals surface area contributed by atoms with Crippen LogP contribution in [-0.2, 0) is 9.59 Å². The molecule has 24 heavy (non-hydrogen) atoms. The van der Waals surface area contributed by atoms with Crippen LogP contribution in [0.2, 0.25) is 0 Å². The lowest BCUT2D eigenvalue weighted by Crippen LogP contribution is -2.53. The number of hydrogen-bond acceptors (Lipinski definition) is 3. The number of benzene rings is 1. The van der Waals surface area contributed by atoms with Crippen LogP contribution >= 0.6 is 0 Å². The van der Waals surface area contributed by atoms with Gasteiger partial charge in [0.2, 0.25) is 11.8 Å². The third-order valence-electron chi connectivity index (χ3n) is 5.45. The van der Waals surface area contributed by atoms with E-state index in [2.05, 4.69) is 11.8 Å². The maximum Gasteiger partial charge on any atom is 0.228 e. The van der Waals surface area contributed by atoms with Gasteiger partial charge < -0.3 is 14.7 Å². The zero-order valence-corrected chi connectivity index (χ0v) is 14.6. The second kappa shape index (κ2) is 7.34. The van der Waals surface area contributed by atoms with Gasteiger partial charge in [0.15, 0.2) is 0 Å². The number of carbonyl (C=O) groups is 2. The van der Waals surface area contributed by atoms with Crippen molar-refractivity contribution in [3.05, 3.63) is 35.9 Å². The summed E-state index contributed by atoms with van der Waals surface area (Å²) in [5, 5.41) is 0. The molecule has 0 aromatic heterocycles. The summed E-state index contributed by atoms with van der Waals surface area (Å²) >= 11 is 0. The lowest BCUT2D eigenvalue weighted by molar-refractivity contribution is -0.147. The minimum atomic E-state index is -0.149. The van der Waals surface area contributed by atoms with Crippen molar-refractivity contribution in [3.8, 4) is 0 Å². The number of likely N-dealkylation sites (tertiary alicyclic amines) is 1. The van der Waals surface area contributed by atoms with Crippen molar-refractivity contribution < 1.29 is 9.59 Å². The summed E-state index contributed by atoms with van der Waals surface area (Å²) in [5.74, 6) is 0.200. The first-order valence-corrected chi connectivity index (χ1v) is 8.93. The molecule has 3 rings (SSSR count). The molecule has 2 heterocycles. The van der Waals surface area contributed by atoms with Crippen molar-refractivity contribution >= 4 is 11.8 Å². The molecule has 2 aliphatic heterocycles. The van der Waals surface area contributed by atoms with Crippen molar-refractivity contribution in [2.24, 2.45) is 5.92 Å². The van der Waals surface area contributed by atoms with E-state index in [4.69, 9.17) is 0 Å². The summed E-state index contributed by atoms with van der Waals surface area (Å²) in [4.78, 5) is 31.5. The Bertz CT molecular complexity index is 582. The highest BCUT2D eigenvalue weighted by molar-refractivity contribution is 5.85. The summed E-state index contributed by atoms with van der Waals surface area (Å²) < 4.78 is 0. The van der Waals surface area contributed by atoms with E-state index in [9.17, 15) is 9.59 Å². The maximum absolute atomic E-state index is 13.2. The van der Waals surface area contributed by atoms with Crippen LogP contribution < -0.4 is 0 Å². The molecule has 0 saturated carbocycles. The molecule has 0 N–H and O–H groups in total. The van der Waals surface area contributed by atoms with E-state index in [-0.39, 0.29) is 23.8 Å². The molecule has 5 nitrogen and oxygen atoms in total. The van der Waals surface area contributed by atoms with E-state index in [1.54, 1.807) is 4.90 Å². The van der Waals surface area contributed by atoms with Gasteiger partial charge in [-0.2, -0.15) is 0 Å². The number of amides is 2. The van der Waals surface area contributed by atoms with Crippen LogP contribution in [0.3, 0.4) is 0 Å². The van der Waals surface area contributed by atoms with Gasteiger partial charge >= 0.3 is 0 Å². The van der Waals surface area contributed by atoms with E-state index in [1.165, 1.54) is 0 Å². The van der Waals surface area contributed by atoms with E-state index in [0.717, 1.165) is 38.3 Å². The van der Waals surface area contributed by atoms with E-state index < -0.39 is 0 Å². The molecule has 2 atom stereocenters. The van der Waals surface area contributed by atoms with E-state index in [1.807, 2.05) is 42.3 Å².